The zero-order valence-corrected chi connectivity index (χ0v) is 25.4. The van der Waals surface area contributed by atoms with Gasteiger partial charge in [0.15, 0.2) is 0 Å². The summed E-state index contributed by atoms with van der Waals surface area (Å²) in [5.41, 5.74) is 8.19. The fraction of sp³-hybridized carbons (Fsp3) is 0.387. The number of hydrogen-bond donors (Lipinski definition) is 2. The molecule has 1 aromatic rings. The van der Waals surface area contributed by atoms with Crippen LogP contribution >= 0.6 is 0 Å². The van der Waals surface area contributed by atoms with Gasteiger partial charge in [-0.25, -0.2) is 0 Å². The number of aliphatic carboxylic acids is 2. The van der Waals surface area contributed by atoms with E-state index in [2.05, 4.69) is 46.8 Å². The largest absolute Gasteiger partial charge is 3.00 e. The van der Waals surface area contributed by atoms with E-state index in [-0.39, 0.29) is 16.8 Å². The maximum atomic E-state index is 9.91. The molecule has 4 N–H and O–H groups in total. The number of hydrogen-bond acceptors (Lipinski definition) is 7. The Balaban J connectivity index is -0.0000000894. The van der Waals surface area contributed by atoms with Gasteiger partial charge in [-0.1, -0.05) is 108 Å². The summed E-state index contributed by atoms with van der Waals surface area (Å²) < 4.78 is 0. The molecule has 0 amide bonds. The van der Waals surface area contributed by atoms with Gasteiger partial charge in [0.1, 0.15) is 0 Å². The number of aliphatic imine (C=N–C) groups is 1. The Kier molecular flexibility index (Phi) is 45.6. The molecule has 220 valence electrons. The normalized spacial score (nSPS) is 8.80. The molecule has 0 aliphatic carbocycles. The first-order valence-corrected chi connectivity index (χ1v) is 11.5. The number of rotatable bonds is 4. The Labute approximate surface area is 252 Å². The smallest absolute Gasteiger partial charge is 0.681 e. The average Bonchev–Trinajstić information content (AvgIpc) is 2.89. The van der Waals surface area contributed by atoms with E-state index in [9.17, 15) is 19.8 Å². The third-order valence-corrected chi connectivity index (χ3v) is 2.88. The molecule has 40 heavy (non-hydrogen) atoms. The minimum absolute atomic E-state index is 0. The summed E-state index contributed by atoms with van der Waals surface area (Å²) >= 11 is 0. The Morgan fingerprint density at radius 3 is 1.27 bits per heavy atom. The van der Waals surface area contributed by atoms with E-state index in [4.69, 9.17) is 24.3 Å². The van der Waals surface area contributed by atoms with Crippen molar-refractivity contribution in [2.45, 2.75) is 41.5 Å². The van der Waals surface area contributed by atoms with Gasteiger partial charge in [-0.3, -0.25) is 4.99 Å². The van der Waals surface area contributed by atoms with Gasteiger partial charge in [0.25, 0.3) is 0 Å². The van der Waals surface area contributed by atoms with E-state index in [1.165, 1.54) is 0 Å². The van der Waals surface area contributed by atoms with Crippen LogP contribution in [-0.4, -0.2) is 44.3 Å². The number of carboxylic acid groups (broad SMARTS) is 2. The molecule has 0 fully saturated rings. The van der Waals surface area contributed by atoms with Gasteiger partial charge >= 0.3 is 16.8 Å². The number of terminal acetylenes is 4. The summed E-state index contributed by atoms with van der Waals surface area (Å²) in [6.45, 7) is 11.1. The van der Waals surface area contributed by atoms with Gasteiger partial charge in [0.05, 0.1) is 19.6 Å². The first-order chi connectivity index (χ1) is 18.1. The van der Waals surface area contributed by atoms with E-state index in [1.54, 1.807) is 60.0 Å². The molecule has 0 unspecified atom stereocenters. The molecule has 0 heterocycles. The first kappa shape index (κ1) is 49.0. The molecular formula is C31H43CoN4O4. The fourth-order valence-corrected chi connectivity index (χ4v) is 0.756. The van der Waals surface area contributed by atoms with Crippen LogP contribution in [-0.2, 0) is 26.4 Å². The van der Waals surface area contributed by atoms with Crippen molar-refractivity contribution in [3.05, 3.63) is 54.0 Å². The number of carbonyl (C=O) groups is 2. The second kappa shape index (κ2) is 37.2. The molecule has 0 spiro atoms. The van der Waals surface area contributed by atoms with E-state index >= 15 is 0 Å². The number of allylic oxidation sites excluding steroid dienone is 1. The zero-order valence-electron chi connectivity index (χ0n) is 24.3. The number of nitrogens with two attached hydrogens (primary N) is 2. The second-order valence-corrected chi connectivity index (χ2v) is 8.63. The Hall–Kier alpha value is -3.96. The van der Waals surface area contributed by atoms with Crippen molar-refractivity contribution < 1.29 is 36.6 Å². The van der Waals surface area contributed by atoms with Gasteiger partial charge in [-0.05, 0) is 0 Å². The SMILES string of the molecule is C#CCN.C#CCN.C#CCN=C/C=C\[N-]CC#C.CC(C)(C)C(=O)[O-].CC(C)(C)C(=O)[O-].[Co+3].c1ccccc1. The third-order valence-electron chi connectivity index (χ3n) is 2.88. The zero-order chi connectivity index (χ0) is 31.6. The van der Waals surface area contributed by atoms with Gasteiger partial charge < -0.3 is 36.6 Å². The van der Waals surface area contributed by atoms with Crippen molar-refractivity contribution in [1.29, 1.82) is 0 Å². The monoisotopic (exact) mass is 594 g/mol. The summed E-state index contributed by atoms with van der Waals surface area (Å²) in [6, 6.07) is 12.0. The molecule has 0 radical (unpaired) electrons. The van der Waals surface area contributed by atoms with E-state index < -0.39 is 22.8 Å². The van der Waals surface area contributed by atoms with Crippen LogP contribution in [0.1, 0.15) is 41.5 Å². The Morgan fingerprint density at radius 1 is 0.775 bits per heavy atom. The molecule has 0 aromatic heterocycles. The minimum Gasteiger partial charge on any atom is -0.681 e. The number of carboxylic acids is 2. The van der Waals surface area contributed by atoms with Gasteiger partial charge in [0.2, 0.25) is 0 Å². The van der Waals surface area contributed by atoms with Crippen LogP contribution in [0.5, 0.6) is 0 Å². The van der Waals surface area contributed by atoms with Crippen LogP contribution in [0.25, 0.3) is 5.32 Å². The van der Waals surface area contributed by atoms with Crippen LogP contribution in [0, 0.1) is 60.2 Å². The van der Waals surface area contributed by atoms with Crippen LogP contribution in [0.4, 0.5) is 0 Å². The fourth-order valence-electron chi connectivity index (χ4n) is 0.756. The summed E-state index contributed by atoms with van der Waals surface area (Å²) in [6.07, 6.45) is 24.1. The summed E-state index contributed by atoms with van der Waals surface area (Å²) in [5.74, 6) is 7.15. The molecule has 8 nitrogen and oxygen atoms in total. The molecule has 0 saturated heterocycles. The molecule has 1 aromatic carbocycles. The van der Waals surface area contributed by atoms with E-state index in [1.807, 2.05) is 36.4 Å². The average molecular weight is 595 g/mol. The van der Waals surface area contributed by atoms with Crippen LogP contribution in [0.2, 0.25) is 0 Å². The molecule has 0 aliphatic rings. The molecular weight excluding hydrogens is 551 g/mol. The molecule has 0 saturated carbocycles. The van der Waals surface area contributed by atoms with Crippen molar-refractivity contribution >= 4 is 18.2 Å². The minimum atomic E-state index is -1.01. The van der Waals surface area contributed by atoms with Crippen molar-refractivity contribution in [3.63, 3.8) is 0 Å². The van der Waals surface area contributed by atoms with Crippen LogP contribution in [0.3, 0.4) is 0 Å². The molecule has 0 bridgehead atoms. The van der Waals surface area contributed by atoms with E-state index in [0.29, 0.717) is 26.2 Å². The maximum Gasteiger partial charge on any atom is 3.00 e. The molecule has 9 heteroatoms. The standard InChI is InChI=1S/C9H9N2.C6H6.2C5H10O2.2C3H5N.Co/c1-3-6-10-8-5-9-11-7-4-2;1-2-4-6-5-3-1;2*1-5(2,3)4(6)7;2*1-2-3-4;/h1-2,5,8-9H,6-7H2;1-6H;2*1-3H3,(H,6,7);2*1H,3-4H2;/q-1;;;;;;+3/p-2/b8-5-,11-9?;;;;;;. The molecule has 0 atom stereocenters. The van der Waals surface area contributed by atoms with Crippen molar-refractivity contribution in [2.75, 3.05) is 26.2 Å². The van der Waals surface area contributed by atoms with Gasteiger partial charge in [-0.15, -0.1) is 31.6 Å². The number of carbonyl (C=O) groups excluding carboxylic acids is 2. The maximum absolute atomic E-state index is 9.91. The topological polar surface area (TPSA) is 159 Å². The van der Waals surface area contributed by atoms with Crippen LogP contribution < -0.4 is 21.7 Å². The molecule has 0 aliphatic heterocycles. The first-order valence-electron chi connectivity index (χ1n) is 11.5. The van der Waals surface area contributed by atoms with Crippen LogP contribution in [0.15, 0.2) is 53.7 Å². The number of nitrogens with zero attached hydrogens (tertiary/aromatic N) is 2. The summed E-state index contributed by atoms with van der Waals surface area (Å²) in [4.78, 5) is 23.6. The van der Waals surface area contributed by atoms with Gasteiger partial charge in [0, 0.05) is 29.0 Å². The predicted octanol–water partition coefficient (Wildman–Crippen LogP) is 1.62. The summed E-state index contributed by atoms with van der Waals surface area (Å²) in [5, 5.41) is 23.6. The quantitative estimate of drug-likeness (QED) is 0.306. The Bertz CT molecular complexity index is 871. The van der Waals surface area contributed by atoms with E-state index in [0.717, 1.165) is 0 Å². The van der Waals surface area contributed by atoms with Crippen molar-refractivity contribution in [2.24, 2.45) is 27.3 Å². The Morgan fingerprint density at radius 2 is 1.07 bits per heavy atom. The van der Waals surface area contributed by atoms with Gasteiger partial charge in [-0.2, -0.15) is 6.20 Å². The third kappa shape index (κ3) is 64.3. The number of benzene rings is 1. The summed E-state index contributed by atoms with van der Waals surface area (Å²) in [7, 11) is 0. The predicted molar refractivity (Wildman–Crippen MR) is 160 cm³/mol. The van der Waals surface area contributed by atoms with Crippen molar-refractivity contribution in [3.8, 4) is 49.4 Å². The molecule has 1 rings (SSSR count). The van der Waals surface area contributed by atoms with Crippen molar-refractivity contribution in [1.82, 2.24) is 0 Å². The second-order valence-electron chi connectivity index (χ2n) is 8.63.